The highest BCUT2D eigenvalue weighted by Gasteiger charge is 2.51. The summed E-state index contributed by atoms with van der Waals surface area (Å²) in [4.78, 5) is 8.94. The van der Waals surface area contributed by atoms with Gasteiger partial charge in [0.2, 0.25) is 0 Å². The number of hydrogen-bond donors (Lipinski definition) is 0. The summed E-state index contributed by atoms with van der Waals surface area (Å²) in [6, 6.07) is 47.7. The number of benzene rings is 6. The minimum absolute atomic E-state index is 0.370. The number of fused-ring (bicyclic) bond motifs is 16. The lowest BCUT2D eigenvalue weighted by Gasteiger charge is -2.30. The van der Waals surface area contributed by atoms with Gasteiger partial charge in [0.15, 0.2) is 0 Å². The lowest BCUT2D eigenvalue weighted by atomic mass is 9.70. The summed E-state index contributed by atoms with van der Waals surface area (Å²) < 4.78 is 4.81. The normalized spacial score (nSPS) is 14.0. The largest absolute Gasteiger partial charge is 0.309 e. The smallest absolute Gasteiger partial charge is 0.116 e. The van der Waals surface area contributed by atoms with E-state index in [1.165, 1.54) is 82.1 Å². The van der Waals surface area contributed by atoms with Gasteiger partial charge in [-0.3, -0.25) is 0 Å². The number of aromatic nitrogens is 3. The lowest BCUT2D eigenvalue weighted by molar-refractivity contribution is 0.792. The molecule has 0 saturated carbocycles. The summed E-state index contributed by atoms with van der Waals surface area (Å²) in [6.07, 6.45) is 3.58. The minimum Gasteiger partial charge on any atom is -0.309 e. The first kappa shape index (κ1) is 23.8. The molecule has 0 unspecified atom stereocenters. The molecule has 6 aromatic carbocycles. The van der Waals surface area contributed by atoms with Crippen molar-refractivity contribution in [1.82, 2.24) is 14.5 Å². The maximum Gasteiger partial charge on any atom is 0.116 e. The second kappa shape index (κ2) is 8.32. The third-order valence-corrected chi connectivity index (χ3v) is 11.2. The summed E-state index contributed by atoms with van der Waals surface area (Å²) in [7, 11) is 0. The molecule has 0 amide bonds. The molecule has 45 heavy (non-hydrogen) atoms. The monoisotopic (exact) mass is 589 g/mol. The van der Waals surface area contributed by atoms with Crippen LogP contribution in [-0.2, 0) is 5.41 Å². The zero-order valence-corrected chi connectivity index (χ0v) is 24.8. The number of para-hydroxylation sites is 1. The molecule has 3 nitrogen and oxygen atoms in total. The van der Waals surface area contributed by atoms with Crippen molar-refractivity contribution in [1.29, 1.82) is 0 Å². The van der Waals surface area contributed by atoms with Crippen molar-refractivity contribution in [3.05, 3.63) is 162 Å². The van der Waals surface area contributed by atoms with Crippen LogP contribution in [0.2, 0.25) is 0 Å². The molecule has 0 radical (unpaired) electrons. The Morgan fingerprint density at radius 2 is 1.16 bits per heavy atom. The summed E-state index contributed by atoms with van der Waals surface area (Å²) in [5.41, 5.74) is 15.0. The fourth-order valence-corrected chi connectivity index (χ4v) is 9.52. The molecular weight excluding hydrogens is 567 g/mol. The Morgan fingerprint density at radius 3 is 1.89 bits per heavy atom. The second-order valence-corrected chi connectivity index (χ2v) is 13.3. The topological polar surface area (TPSA) is 30.7 Å². The van der Waals surface area contributed by atoms with Gasteiger partial charge in [0.25, 0.3) is 0 Å². The molecule has 4 heteroatoms. The van der Waals surface area contributed by atoms with Gasteiger partial charge in [-0.1, -0.05) is 97.1 Å². The molecule has 11 rings (SSSR count). The predicted molar refractivity (Wildman–Crippen MR) is 186 cm³/mol. The van der Waals surface area contributed by atoms with Gasteiger partial charge in [0, 0.05) is 32.7 Å². The molecule has 1 spiro atoms. The van der Waals surface area contributed by atoms with E-state index in [1.54, 1.807) is 17.7 Å². The van der Waals surface area contributed by atoms with Crippen molar-refractivity contribution in [3.8, 4) is 27.9 Å². The van der Waals surface area contributed by atoms with E-state index in [4.69, 9.17) is 0 Å². The fraction of sp³-hybridized carbons (Fsp3) is 0.0244. The second-order valence-electron chi connectivity index (χ2n) is 12.2. The van der Waals surface area contributed by atoms with Crippen LogP contribution in [0.4, 0.5) is 0 Å². The highest BCUT2D eigenvalue weighted by molar-refractivity contribution is 7.25. The average molecular weight is 590 g/mol. The Bertz CT molecular complexity index is 2670. The van der Waals surface area contributed by atoms with Crippen molar-refractivity contribution in [2.75, 3.05) is 0 Å². The van der Waals surface area contributed by atoms with E-state index >= 15 is 0 Å². The standard InChI is InChI=1S/C41H23N3S/c1-5-13-32-25(9-1)26-10-2-6-14-33(26)41(32)34-15-7-3-11-27(34)28-18-17-24(19-35(28)41)44-36-16-8-4-12-29(36)30-20-31-38(21-37(30)44)45-39-22-42-23-43-40(31)39/h1-23H. The van der Waals surface area contributed by atoms with Crippen LogP contribution in [0, 0.1) is 0 Å². The number of thiophene rings is 1. The Balaban J connectivity index is 1.26. The molecule has 3 aromatic heterocycles. The van der Waals surface area contributed by atoms with Crippen LogP contribution < -0.4 is 0 Å². The van der Waals surface area contributed by atoms with Gasteiger partial charge < -0.3 is 4.57 Å². The third-order valence-electron chi connectivity index (χ3n) is 10.2. The highest BCUT2D eigenvalue weighted by atomic mass is 32.1. The molecule has 0 N–H and O–H groups in total. The van der Waals surface area contributed by atoms with Gasteiger partial charge in [-0.2, -0.15) is 0 Å². The van der Waals surface area contributed by atoms with Gasteiger partial charge >= 0.3 is 0 Å². The van der Waals surface area contributed by atoms with Gasteiger partial charge in [0.05, 0.1) is 26.7 Å². The van der Waals surface area contributed by atoms with E-state index in [0.29, 0.717) is 0 Å². The summed E-state index contributed by atoms with van der Waals surface area (Å²) in [5.74, 6) is 0. The molecule has 0 bridgehead atoms. The zero-order chi connectivity index (χ0) is 29.3. The molecule has 0 aliphatic heterocycles. The molecule has 0 saturated heterocycles. The van der Waals surface area contributed by atoms with Gasteiger partial charge in [-0.05, 0) is 74.8 Å². The Hall–Kier alpha value is -5.58. The predicted octanol–water partition coefficient (Wildman–Crippen LogP) is 10.3. The first-order valence-corrected chi connectivity index (χ1v) is 16.1. The van der Waals surface area contributed by atoms with Crippen molar-refractivity contribution >= 4 is 53.4 Å². The quantitative estimate of drug-likeness (QED) is 0.191. The van der Waals surface area contributed by atoms with Crippen molar-refractivity contribution in [2.45, 2.75) is 5.41 Å². The van der Waals surface area contributed by atoms with Crippen LogP contribution in [-0.4, -0.2) is 14.5 Å². The molecular formula is C41H23N3S. The minimum atomic E-state index is -0.370. The summed E-state index contributed by atoms with van der Waals surface area (Å²) >= 11 is 1.76. The molecule has 2 aliphatic rings. The van der Waals surface area contributed by atoms with E-state index in [0.717, 1.165) is 10.2 Å². The van der Waals surface area contributed by atoms with Gasteiger partial charge in [-0.15, -0.1) is 11.3 Å². The Morgan fingerprint density at radius 1 is 0.511 bits per heavy atom. The van der Waals surface area contributed by atoms with Crippen LogP contribution >= 0.6 is 11.3 Å². The molecule has 0 fully saturated rings. The fourth-order valence-electron chi connectivity index (χ4n) is 8.48. The lowest BCUT2D eigenvalue weighted by Crippen LogP contribution is -2.26. The number of hydrogen-bond acceptors (Lipinski definition) is 3. The zero-order valence-electron chi connectivity index (χ0n) is 24.0. The Labute approximate surface area is 262 Å². The highest BCUT2D eigenvalue weighted by Crippen LogP contribution is 2.63. The van der Waals surface area contributed by atoms with Gasteiger partial charge in [-0.25, -0.2) is 9.97 Å². The first-order valence-electron chi connectivity index (χ1n) is 15.3. The SMILES string of the molecule is c1ccc2c(c1)-c1ccccc1C21c2ccccc2-c2ccc(-n3c4ccccc4c4cc5c(cc43)sc3cncnc35)cc21. The van der Waals surface area contributed by atoms with Crippen LogP contribution in [0.1, 0.15) is 22.3 Å². The maximum atomic E-state index is 4.65. The van der Waals surface area contributed by atoms with Crippen molar-refractivity contribution < 1.29 is 0 Å². The van der Waals surface area contributed by atoms with Crippen LogP contribution in [0.15, 0.2) is 140 Å². The molecule has 3 heterocycles. The molecule has 9 aromatic rings. The van der Waals surface area contributed by atoms with E-state index < -0.39 is 0 Å². The molecule has 2 aliphatic carbocycles. The number of rotatable bonds is 1. The van der Waals surface area contributed by atoms with Gasteiger partial charge in [0.1, 0.15) is 6.33 Å². The van der Waals surface area contributed by atoms with E-state index in [2.05, 4.69) is 142 Å². The van der Waals surface area contributed by atoms with Crippen molar-refractivity contribution in [2.24, 2.45) is 0 Å². The van der Waals surface area contributed by atoms with E-state index in [1.807, 2.05) is 6.20 Å². The summed E-state index contributed by atoms with van der Waals surface area (Å²) in [5, 5.41) is 3.68. The third kappa shape index (κ3) is 2.82. The average Bonchev–Trinajstić information content (AvgIpc) is 3.80. The van der Waals surface area contributed by atoms with Crippen molar-refractivity contribution in [3.63, 3.8) is 0 Å². The van der Waals surface area contributed by atoms with E-state index in [9.17, 15) is 0 Å². The molecule has 0 atom stereocenters. The number of nitrogens with zero attached hydrogens (tertiary/aromatic N) is 3. The molecule has 208 valence electrons. The van der Waals surface area contributed by atoms with Crippen LogP contribution in [0.5, 0.6) is 0 Å². The summed E-state index contributed by atoms with van der Waals surface area (Å²) in [6.45, 7) is 0. The maximum absolute atomic E-state index is 4.65. The first-order chi connectivity index (χ1) is 22.3. The van der Waals surface area contributed by atoms with Crippen LogP contribution in [0.3, 0.4) is 0 Å². The van der Waals surface area contributed by atoms with Crippen LogP contribution in [0.25, 0.3) is 70.0 Å². The van der Waals surface area contributed by atoms with E-state index in [-0.39, 0.29) is 5.41 Å². The Kier molecular flexibility index (Phi) is 4.40.